The number of nitrogens with one attached hydrogen (secondary N) is 1. The molecule has 0 saturated heterocycles. The van der Waals surface area contributed by atoms with Crippen LogP contribution in [0.1, 0.15) is 15.9 Å². The van der Waals surface area contributed by atoms with Crippen LogP contribution in [-0.4, -0.2) is 32.1 Å². The standard InChI is InChI=1S/C18H18FNO4/c1-23-16-8-7-14(11-15(16)19)18(22)24-12-17(21)20-10-9-13-5-3-2-4-6-13/h2-8,11H,9-10,12H2,1H3,(H,20,21). The summed E-state index contributed by atoms with van der Waals surface area (Å²) in [6.07, 6.45) is 0.685. The summed E-state index contributed by atoms with van der Waals surface area (Å²) in [5, 5.41) is 2.66. The fraction of sp³-hybridized carbons (Fsp3) is 0.222. The summed E-state index contributed by atoms with van der Waals surface area (Å²) >= 11 is 0. The topological polar surface area (TPSA) is 64.6 Å². The first-order valence-corrected chi connectivity index (χ1v) is 7.41. The van der Waals surface area contributed by atoms with E-state index < -0.39 is 24.3 Å². The van der Waals surface area contributed by atoms with Crippen LogP contribution in [0.25, 0.3) is 0 Å². The summed E-state index contributed by atoms with van der Waals surface area (Å²) in [5.41, 5.74) is 1.12. The van der Waals surface area contributed by atoms with Gasteiger partial charge in [0.05, 0.1) is 12.7 Å². The van der Waals surface area contributed by atoms with Crippen molar-refractivity contribution in [1.29, 1.82) is 0 Å². The lowest BCUT2D eigenvalue weighted by Gasteiger charge is -2.08. The van der Waals surface area contributed by atoms with E-state index in [2.05, 4.69) is 5.32 Å². The van der Waals surface area contributed by atoms with Crippen molar-refractivity contribution >= 4 is 11.9 Å². The maximum absolute atomic E-state index is 13.5. The smallest absolute Gasteiger partial charge is 0.338 e. The molecule has 0 unspecified atom stereocenters. The highest BCUT2D eigenvalue weighted by Gasteiger charge is 2.13. The van der Waals surface area contributed by atoms with Crippen molar-refractivity contribution in [2.45, 2.75) is 6.42 Å². The summed E-state index contributed by atoms with van der Waals surface area (Å²) in [6, 6.07) is 13.4. The summed E-state index contributed by atoms with van der Waals surface area (Å²) < 4.78 is 23.2. The molecule has 0 aliphatic rings. The number of hydrogen-bond donors (Lipinski definition) is 1. The molecule has 0 aliphatic carbocycles. The number of ether oxygens (including phenoxy) is 2. The average molecular weight is 331 g/mol. The van der Waals surface area contributed by atoms with Gasteiger partial charge >= 0.3 is 5.97 Å². The monoisotopic (exact) mass is 331 g/mol. The van der Waals surface area contributed by atoms with Crippen molar-refractivity contribution in [1.82, 2.24) is 5.32 Å². The number of halogens is 1. The van der Waals surface area contributed by atoms with Crippen molar-refractivity contribution in [2.75, 3.05) is 20.3 Å². The Labute approximate surface area is 139 Å². The Hall–Kier alpha value is -2.89. The molecule has 1 amide bonds. The molecule has 2 aromatic carbocycles. The van der Waals surface area contributed by atoms with Crippen molar-refractivity contribution in [2.24, 2.45) is 0 Å². The summed E-state index contributed by atoms with van der Waals surface area (Å²) in [5.74, 6) is -1.81. The van der Waals surface area contributed by atoms with Gasteiger partial charge in [0.25, 0.3) is 5.91 Å². The van der Waals surface area contributed by atoms with Gasteiger partial charge in [-0.05, 0) is 30.2 Å². The number of carbonyl (C=O) groups excluding carboxylic acids is 2. The van der Waals surface area contributed by atoms with Gasteiger partial charge in [0.15, 0.2) is 18.2 Å². The number of benzene rings is 2. The minimum Gasteiger partial charge on any atom is -0.494 e. The Balaban J connectivity index is 1.75. The maximum atomic E-state index is 13.5. The van der Waals surface area contributed by atoms with Crippen LogP contribution in [0.2, 0.25) is 0 Å². The third-order valence-corrected chi connectivity index (χ3v) is 3.30. The Morgan fingerprint density at radius 1 is 1.12 bits per heavy atom. The molecule has 0 atom stereocenters. The molecule has 2 rings (SSSR count). The van der Waals surface area contributed by atoms with E-state index in [0.717, 1.165) is 11.6 Å². The first-order chi connectivity index (χ1) is 11.6. The van der Waals surface area contributed by atoms with Crippen LogP contribution >= 0.6 is 0 Å². The highest BCUT2D eigenvalue weighted by atomic mass is 19.1. The average Bonchev–Trinajstić information content (AvgIpc) is 2.60. The zero-order valence-corrected chi connectivity index (χ0v) is 13.3. The molecule has 126 valence electrons. The molecule has 2 aromatic rings. The predicted octanol–water partition coefficient (Wildman–Crippen LogP) is 2.35. The number of hydrogen-bond acceptors (Lipinski definition) is 4. The van der Waals surface area contributed by atoms with E-state index in [1.807, 2.05) is 30.3 Å². The first kappa shape index (κ1) is 17.5. The van der Waals surface area contributed by atoms with Gasteiger partial charge in [0.2, 0.25) is 0 Å². The van der Waals surface area contributed by atoms with E-state index in [1.54, 1.807) is 0 Å². The highest BCUT2D eigenvalue weighted by Crippen LogP contribution is 2.18. The van der Waals surface area contributed by atoms with E-state index in [9.17, 15) is 14.0 Å². The third kappa shape index (κ3) is 5.08. The summed E-state index contributed by atoms with van der Waals surface area (Å²) in [4.78, 5) is 23.4. The van der Waals surface area contributed by atoms with Crippen molar-refractivity contribution < 1.29 is 23.5 Å². The lowest BCUT2D eigenvalue weighted by molar-refractivity contribution is -0.124. The molecule has 1 N–H and O–H groups in total. The van der Waals surface area contributed by atoms with Crippen LogP contribution in [0.15, 0.2) is 48.5 Å². The minimum absolute atomic E-state index is 0.0189. The van der Waals surface area contributed by atoms with Gasteiger partial charge < -0.3 is 14.8 Å². The quantitative estimate of drug-likeness (QED) is 0.791. The van der Waals surface area contributed by atoms with Crippen LogP contribution in [0.5, 0.6) is 5.75 Å². The van der Waals surface area contributed by atoms with E-state index >= 15 is 0 Å². The van der Waals surface area contributed by atoms with Crippen molar-refractivity contribution in [3.05, 3.63) is 65.5 Å². The Bertz CT molecular complexity index is 703. The van der Waals surface area contributed by atoms with Gasteiger partial charge in [-0.25, -0.2) is 9.18 Å². The van der Waals surface area contributed by atoms with Crippen LogP contribution in [-0.2, 0) is 16.0 Å². The zero-order chi connectivity index (χ0) is 17.4. The highest BCUT2D eigenvalue weighted by molar-refractivity contribution is 5.91. The van der Waals surface area contributed by atoms with Gasteiger partial charge in [-0.1, -0.05) is 30.3 Å². The molecule has 0 spiro atoms. The summed E-state index contributed by atoms with van der Waals surface area (Å²) in [7, 11) is 1.33. The van der Waals surface area contributed by atoms with Crippen LogP contribution in [0.4, 0.5) is 4.39 Å². The number of esters is 1. The molecule has 0 radical (unpaired) electrons. The number of carbonyl (C=O) groups is 2. The number of amides is 1. The van der Waals surface area contributed by atoms with E-state index in [1.165, 1.54) is 19.2 Å². The van der Waals surface area contributed by atoms with Gasteiger partial charge in [-0.2, -0.15) is 0 Å². The molecule has 0 fully saturated rings. The summed E-state index contributed by atoms with van der Waals surface area (Å²) in [6.45, 7) is 0.0266. The largest absolute Gasteiger partial charge is 0.494 e. The number of methoxy groups -OCH3 is 1. The second-order valence-corrected chi connectivity index (χ2v) is 5.01. The molecular weight excluding hydrogens is 313 g/mol. The fourth-order valence-corrected chi connectivity index (χ4v) is 2.05. The SMILES string of the molecule is COc1ccc(C(=O)OCC(=O)NCCc2ccccc2)cc1F. The zero-order valence-electron chi connectivity index (χ0n) is 13.3. The molecular formula is C18H18FNO4. The Morgan fingerprint density at radius 3 is 2.54 bits per heavy atom. The predicted molar refractivity (Wildman–Crippen MR) is 86.4 cm³/mol. The molecule has 0 saturated carbocycles. The third-order valence-electron chi connectivity index (χ3n) is 3.30. The van der Waals surface area contributed by atoms with Crippen LogP contribution in [0, 0.1) is 5.82 Å². The molecule has 0 aliphatic heterocycles. The fourth-order valence-electron chi connectivity index (χ4n) is 2.05. The Kier molecular flexibility index (Phi) is 6.31. The van der Waals surface area contributed by atoms with Crippen molar-refractivity contribution in [3.8, 4) is 5.75 Å². The van der Waals surface area contributed by atoms with Gasteiger partial charge in [-0.15, -0.1) is 0 Å². The lowest BCUT2D eigenvalue weighted by Crippen LogP contribution is -2.30. The second-order valence-electron chi connectivity index (χ2n) is 5.01. The molecule has 5 nitrogen and oxygen atoms in total. The molecule has 24 heavy (non-hydrogen) atoms. The van der Waals surface area contributed by atoms with Crippen LogP contribution in [0.3, 0.4) is 0 Å². The van der Waals surface area contributed by atoms with E-state index in [0.29, 0.717) is 13.0 Å². The normalized spacial score (nSPS) is 10.1. The van der Waals surface area contributed by atoms with Gasteiger partial charge in [0.1, 0.15) is 0 Å². The lowest BCUT2D eigenvalue weighted by atomic mass is 10.1. The second kappa shape index (κ2) is 8.67. The van der Waals surface area contributed by atoms with Crippen LogP contribution < -0.4 is 10.1 Å². The first-order valence-electron chi connectivity index (χ1n) is 7.41. The van der Waals surface area contributed by atoms with Crippen molar-refractivity contribution in [3.63, 3.8) is 0 Å². The molecule has 0 heterocycles. The van der Waals surface area contributed by atoms with Gasteiger partial charge in [-0.3, -0.25) is 4.79 Å². The minimum atomic E-state index is -0.769. The van der Waals surface area contributed by atoms with E-state index in [-0.39, 0.29) is 11.3 Å². The molecule has 0 aromatic heterocycles. The van der Waals surface area contributed by atoms with E-state index in [4.69, 9.17) is 9.47 Å². The van der Waals surface area contributed by atoms with Gasteiger partial charge in [0, 0.05) is 6.54 Å². The number of rotatable bonds is 7. The maximum Gasteiger partial charge on any atom is 0.338 e. The molecule has 6 heteroatoms. The Morgan fingerprint density at radius 2 is 1.88 bits per heavy atom. The molecule has 0 bridgehead atoms.